The van der Waals surface area contributed by atoms with E-state index in [1.165, 1.54) is 6.42 Å². The molecule has 0 amide bonds. The molecule has 0 bridgehead atoms. The highest BCUT2D eigenvalue weighted by Gasteiger charge is 2.21. The van der Waals surface area contributed by atoms with Crippen LogP contribution in [0.25, 0.3) is 0 Å². The summed E-state index contributed by atoms with van der Waals surface area (Å²) in [6.45, 7) is 8.11. The van der Waals surface area contributed by atoms with Crippen LogP contribution in [0.5, 0.6) is 0 Å². The van der Waals surface area contributed by atoms with E-state index in [4.69, 9.17) is 9.47 Å². The van der Waals surface area contributed by atoms with Crippen molar-refractivity contribution >= 4 is 0 Å². The van der Waals surface area contributed by atoms with E-state index in [-0.39, 0.29) is 12.2 Å². The van der Waals surface area contributed by atoms with E-state index in [1.807, 2.05) is 6.92 Å². The lowest BCUT2D eigenvalue weighted by atomic mass is 10.2. The molecule has 0 aliphatic carbocycles. The van der Waals surface area contributed by atoms with Gasteiger partial charge in [0.1, 0.15) is 0 Å². The Labute approximate surface area is 98.5 Å². The van der Waals surface area contributed by atoms with Gasteiger partial charge in [-0.15, -0.1) is 0 Å². The molecule has 0 saturated carbocycles. The van der Waals surface area contributed by atoms with E-state index in [2.05, 4.69) is 11.8 Å². The zero-order valence-corrected chi connectivity index (χ0v) is 10.7. The summed E-state index contributed by atoms with van der Waals surface area (Å²) in [5, 5.41) is 9.81. The maximum Gasteiger partial charge on any atom is 0.0900 e. The molecule has 16 heavy (non-hydrogen) atoms. The zero-order valence-electron chi connectivity index (χ0n) is 10.7. The van der Waals surface area contributed by atoms with Gasteiger partial charge >= 0.3 is 0 Å². The van der Waals surface area contributed by atoms with Crippen LogP contribution in [0.4, 0.5) is 0 Å². The van der Waals surface area contributed by atoms with Crippen molar-refractivity contribution < 1.29 is 14.6 Å². The number of hydrogen-bond acceptors (Lipinski definition) is 4. The third-order valence-corrected chi connectivity index (χ3v) is 2.95. The number of likely N-dealkylation sites (tertiary alicyclic amines) is 1. The third kappa shape index (κ3) is 5.25. The van der Waals surface area contributed by atoms with Crippen molar-refractivity contribution in [3.8, 4) is 0 Å². The number of rotatable bonds is 7. The summed E-state index contributed by atoms with van der Waals surface area (Å²) in [5.41, 5.74) is 0. The number of β-amino-alcohol motifs (C(OH)–C–C–N with tert-alkyl or cyclic N) is 1. The van der Waals surface area contributed by atoms with Crippen LogP contribution in [0.2, 0.25) is 0 Å². The first-order valence-electron chi connectivity index (χ1n) is 6.12. The van der Waals surface area contributed by atoms with E-state index in [0.717, 1.165) is 25.6 Å². The lowest BCUT2D eigenvalue weighted by Crippen LogP contribution is -2.34. The molecule has 3 atom stereocenters. The quantitative estimate of drug-likeness (QED) is 0.702. The van der Waals surface area contributed by atoms with E-state index in [1.54, 1.807) is 7.11 Å². The Hall–Kier alpha value is -0.160. The first-order chi connectivity index (χ1) is 7.61. The second kappa shape index (κ2) is 7.22. The minimum atomic E-state index is -0.385. The van der Waals surface area contributed by atoms with Gasteiger partial charge in [-0.3, -0.25) is 0 Å². The molecule has 4 heteroatoms. The largest absolute Gasteiger partial charge is 0.389 e. The second-order valence-electron chi connectivity index (χ2n) is 4.91. The number of methoxy groups -OCH3 is 1. The Bertz CT molecular complexity index is 189. The first-order valence-corrected chi connectivity index (χ1v) is 6.12. The number of aliphatic hydroxyl groups is 1. The van der Waals surface area contributed by atoms with Gasteiger partial charge in [-0.2, -0.15) is 0 Å². The molecular weight excluding hydrogens is 206 g/mol. The number of aliphatic hydroxyl groups excluding tert-OH is 1. The Morgan fingerprint density at radius 1 is 1.44 bits per heavy atom. The van der Waals surface area contributed by atoms with Crippen LogP contribution in [0.1, 0.15) is 20.3 Å². The summed E-state index contributed by atoms with van der Waals surface area (Å²) in [4.78, 5) is 2.31. The zero-order chi connectivity index (χ0) is 12.0. The first kappa shape index (κ1) is 13.9. The Morgan fingerprint density at radius 2 is 2.19 bits per heavy atom. The summed E-state index contributed by atoms with van der Waals surface area (Å²) >= 11 is 0. The van der Waals surface area contributed by atoms with Crippen molar-refractivity contribution in [2.75, 3.05) is 40.0 Å². The molecule has 1 saturated heterocycles. The summed E-state index contributed by atoms with van der Waals surface area (Å²) in [6.07, 6.45) is 0.912. The maximum absolute atomic E-state index is 9.81. The number of hydrogen-bond donors (Lipinski definition) is 1. The van der Waals surface area contributed by atoms with Gasteiger partial charge in [-0.1, -0.05) is 6.92 Å². The highest BCUT2D eigenvalue weighted by Crippen LogP contribution is 2.14. The summed E-state index contributed by atoms with van der Waals surface area (Å²) < 4.78 is 10.4. The van der Waals surface area contributed by atoms with Gasteiger partial charge in [0.25, 0.3) is 0 Å². The standard InChI is InChI=1S/C12H25NO3/c1-10-4-5-13(6-10)7-12(14)9-16-11(2)8-15-3/h10-12,14H,4-9H2,1-3H3. The minimum Gasteiger partial charge on any atom is -0.389 e. The summed E-state index contributed by atoms with van der Waals surface area (Å²) in [7, 11) is 1.65. The highest BCUT2D eigenvalue weighted by molar-refractivity contribution is 4.74. The van der Waals surface area contributed by atoms with E-state index in [0.29, 0.717) is 13.2 Å². The van der Waals surface area contributed by atoms with Crippen molar-refractivity contribution in [1.29, 1.82) is 0 Å². The predicted molar refractivity (Wildman–Crippen MR) is 63.5 cm³/mol. The van der Waals surface area contributed by atoms with Gasteiger partial charge in [-0.05, 0) is 25.8 Å². The summed E-state index contributed by atoms with van der Waals surface area (Å²) in [6, 6.07) is 0. The van der Waals surface area contributed by atoms with Gasteiger partial charge in [0.15, 0.2) is 0 Å². The number of nitrogens with zero attached hydrogens (tertiary/aromatic N) is 1. The topological polar surface area (TPSA) is 41.9 Å². The molecule has 1 aliphatic heterocycles. The molecule has 0 radical (unpaired) electrons. The lowest BCUT2D eigenvalue weighted by molar-refractivity contribution is -0.0384. The molecule has 0 spiro atoms. The molecule has 1 heterocycles. The van der Waals surface area contributed by atoms with Crippen molar-refractivity contribution in [3.63, 3.8) is 0 Å². The Morgan fingerprint density at radius 3 is 2.75 bits per heavy atom. The average molecular weight is 231 g/mol. The Kier molecular flexibility index (Phi) is 6.28. The molecular formula is C12H25NO3. The van der Waals surface area contributed by atoms with Gasteiger partial charge in [0.05, 0.1) is 25.4 Å². The fourth-order valence-corrected chi connectivity index (χ4v) is 2.10. The van der Waals surface area contributed by atoms with Crippen LogP contribution >= 0.6 is 0 Å². The van der Waals surface area contributed by atoms with Crippen LogP contribution in [-0.4, -0.2) is 62.2 Å². The fraction of sp³-hybridized carbons (Fsp3) is 1.00. The molecule has 3 unspecified atom stereocenters. The van der Waals surface area contributed by atoms with Crippen LogP contribution < -0.4 is 0 Å². The maximum atomic E-state index is 9.81. The molecule has 96 valence electrons. The second-order valence-corrected chi connectivity index (χ2v) is 4.91. The molecule has 1 fully saturated rings. The van der Waals surface area contributed by atoms with Crippen LogP contribution in [0.15, 0.2) is 0 Å². The van der Waals surface area contributed by atoms with Crippen molar-refractivity contribution in [2.45, 2.75) is 32.5 Å². The molecule has 0 aromatic heterocycles. The molecule has 0 aromatic carbocycles. The smallest absolute Gasteiger partial charge is 0.0900 e. The molecule has 0 aromatic rings. The fourth-order valence-electron chi connectivity index (χ4n) is 2.10. The van der Waals surface area contributed by atoms with Gasteiger partial charge in [0.2, 0.25) is 0 Å². The average Bonchev–Trinajstić information content (AvgIpc) is 2.61. The van der Waals surface area contributed by atoms with Crippen LogP contribution in [0.3, 0.4) is 0 Å². The number of ether oxygens (including phenoxy) is 2. The van der Waals surface area contributed by atoms with Crippen LogP contribution in [-0.2, 0) is 9.47 Å². The summed E-state index contributed by atoms with van der Waals surface area (Å²) in [5.74, 6) is 0.764. The van der Waals surface area contributed by atoms with E-state index >= 15 is 0 Å². The molecule has 4 nitrogen and oxygen atoms in total. The molecule has 1 N–H and O–H groups in total. The normalized spacial score (nSPS) is 25.9. The molecule has 1 aliphatic rings. The van der Waals surface area contributed by atoms with E-state index in [9.17, 15) is 5.11 Å². The minimum absolute atomic E-state index is 0.0529. The highest BCUT2D eigenvalue weighted by atomic mass is 16.5. The van der Waals surface area contributed by atoms with Crippen LogP contribution in [0, 0.1) is 5.92 Å². The molecule has 1 rings (SSSR count). The third-order valence-electron chi connectivity index (χ3n) is 2.95. The lowest BCUT2D eigenvalue weighted by Gasteiger charge is -2.21. The van der Waals surface area contributed by atoms with Gasteiger partial charge in [-0.25, -0.2) is 0 Å². The van der Waals surface area contributed by atoms with E-state index < -0.39 is 0 Å². The van der Waals surface area contributed by atoms with Gasteiger partial charge < -0.3 is 19.5 Å². The predicted octanol–water partition coefficient (Wildman–Crippen LogP) is 0.741. The van der Waals surface area contributed by atoms with Crippen molar-refractivity contribution in [2.24, 2.45) is 5.92 Å². The van der Waals surface area contributed by atoms with Crippen molar-refractivity contribution in [1.82, 2.24) is 4.90 Å². The SMILES string of the molecule is COCC(C)OCC(O)CN1CCC(C)C1. The monoisotopic (exact) mass is 231 g/mol. The van der Waals surface area contributed by atoms with Gasteiger partial charge in [0, 0.05) is 20.2 Å². The Balaban J connectivity index is 2.08. The van der Waals surface area contributed by atoms with Crippen molar-refractivity contribution in [3.05, 3.63) is 0 Å².